The van der Waals surface area contributed by atoms with Crippen molar-refractivity contribution in [3.8, 4) is 0 Å². The van der Waals surface area contributed by atoms with E-state index in [0.29, 0.717) is 19.4 Å². The first-order chi connectivity index (χ1) is 7.60. The minimum absolute atomic E-state index is 0.00296. The third kappa shape index (κ3) is 2.64. The molecule has 0 aromatic carbocycles. The first kappa shape index (κ1) is 12.3. The lowest BCUT2D eigenvalue weighted by molar-refractivity contribution is -0.136. The smallest absolute Gasteiger partial charge is 0.240 e. The monoisotopic (exact) mass is 225 g/mol. The molecule has 1 aliphatic rings. The number of azide groups is 1. The summed E-state index contributed by atoms with van der Waals surface area (Å²) in [5.74, 6) is -0.583. The summed E-state index contributed by atoms with van der Waals surface area (Å²) in [5, 5.41) is 3.44. The van der Waals surface area contributed by atoms with Crippen molar-refractivity contribution >= 4 is 11.8 Å². The molecule has 2 amide bonds. The molecule has 0 bridgehead atoms. The van der Waals surface area contributed by atoms with E-state index >= 15 is 0 Å². The number of rotatable bonds is 5. The van der Waals surface area contributed by atoms with Crippen LogP contribution < -0.4 is 5.73 Å². The fourth-order valence-electron chi connectivity index (χ4n) is 1.96. The van der Waals surface area contributed by atoms with Crippen LogP contribution in [0.3, 0.4) is 0 Å². The maximum atomic E-state index is 11.6. The molecule has 88 valence electrons. The molecule has 7 nitrogen and oxygen atoms in total. The number of amides is 2. The van der Waals surface area contributed by atoms with Crippen molar-refractivity contribution in [1.82, 2.24) is 4.90 Å². The Morgan fingerprint density at radius 1 is 1.81 bits per heavy atom. The zero-order valence-electron chi connectivity index (χ0n) is 9.17. The van der Waals surface area contributed by atoms with E-state index in [-0.39, 0.29) is 18.4 Å². The molecule has 0 aliphatic carbocycles. The molecule has 0 radical (unpaired) electrons. The Labute approximate surface area is 93.2 Å². The minimum Gasteiger partial charge on any atom is -0.368 e. The topological polar surface area (TPSA) is 112 Å². The highest BCUT2D eigenvalue weighted by molar-refractivity contribution is 5.87. The van der Waals surface area contributed by atoms with E-state index in [1.807, 2.05) is 6.92 Å². The van der Waals surface area contributed by atoms with E-state index in [9.17, 15) is 9.59 Å². The molecule has 0 unspecified atom stereocenters. The zero-order chi connectivity index (χ0) is 12.1. The average Bonchev–Trinajstić information content (AvgIpc) is 2.58. The van der Waals surface area contributed by atoms with Gasteiger partial charge in [0.15, 0.2) is 0 Å². The van der Waals surface area contributed by atoms with Crippen LogP contribution in [0.2, 0.25) is 0 Å². The Balaban J connectivity index is 2.66. The van der Waals surface area contributed by atoms with Crippen molar-refractivity contribution < 1.29 is 9.59 Å². The minimum atomic E-state index is -0.538. The van der Waals surface area contributed by atoms with E-state index < -0.39 is 11.9 Å². The van der Waals surface area contributed by atoms with Crippen LogP contribution in [0, 0.1) is 5.92 Å². The summed E-state index contributed by atoms with van der Waals surface area (Å²) >= 11 is 0. The van der Waals surface area contributed by atoms with E-state index in [4.69, 9.17) is 11.3 Å². The predicted octanol–water partition coefficient (Wildman–Crippen LogP) is 0.409. The van der Waals surface area contributed by atoms with Crippen molar-refractivity contribution in [2.45, 2.75) is 25.8 Å². The lowest BCUT2D eigenvalue weighted by Gasteiger charge is -2.24. The molecule has 1 saturated heterocycles. The quantitative estimate of drug-likeness (QED) is 0.415. The number of nitrogens with two attached hydrogens (primary N) is 1. The summed E-state index contributed by atoms with van der Waals surface area (Å²) in [6, 6.07) is -0.538. The summed E-state index contributed by atoms with van der Waals surface area (Å²) in [6.07, 6.45) is 0.831. The fraction of sp³-hybridized carbons (Fsp3) is 0.778. The summed E-state index contributed by atoms with van der Waals surface area (Å²) < 4.78 is 0. The number of nitrogens with zero attached hydrogens (tertiary/aromatic N) is 4. The van der Waals surface area contributed by atoms with Crippen LogP contribution >= 0.6 is 0 Å². The average molecular weight is 225 g/mol. The van der Waals surface area contributed by atoms with Crippen molar-refractivity contribution in [2.75, 3.05) is 13.1 Å². The lowest BCUT2D eigenvalue weighted by atomic mass is 10.1. The number of hydrogen-bond donors (Lipinski definition) is 1. The first-order valence-electron chi connectivity index (χ1n) is 5.19. The standard InChI is InChI=1S/C9H15N5O2/c1-2-7(9(10)16)14-5-6(3-8(14)15)4-12-13-11/h6-7H,2-5H2,1H3,(H2,10,16)/t6-,7-/m0/s1. The van der Waals surface area contributed by atoms with Gasteiger partial charge in [-0.05, 0) is 17.9 Å². The molecule has 2 atom stereocenters. The highest BCUT2D eigenvalue weighted by Crippen LogP contribution is 2.21. The van der Waals surface area contributed by atoms with Crippen LogP contribution in [-0.2, 0) is 9.59 Å². The summed E-state index contributed by atoms with van der Waals surface area (Å²) in [5.41, 5.74) is 13.4. The van der Waals surface area contributed by atoms with Crippen LogP contribution in [-0.4, -0.2) is 35.8 Å². The first-order valence-corrected chi connectivity index (χ1v) is 5.19. The van der Waals surface area contributed by atoms with E-state index in [1.165, 1.54) is 4.90 Å². The van der Waals surface area contributed by atoms with Crippen LogP contribution in [0.1, 0.15) is 19.8 Å². The molecule has 0 aromatic rings. The highest BCUT2D eigenvalue weighted by atomic mass is 16.2. The van der Waals surface area contributed by atoms with E-state index in [2.05, 4.69) is 10.0 Å². The third-order valence-electron chi connectivity index (χ3n) is 2.73. The van der Waals surface area contributed by atoms with Gasteiger partial charge in [0.1, 0.15) is 6.04 Å². The van der Waals surface area contributed by atoms with Gasteiger partial charge in [-0.1, -0.05) is 12.0 Å². The molecule has 1 fully saturated rings. The second kappa shape index (κ2) is 5.37. The van der Waals surface area contributed by atoms with Crippen molar-refractivity contribution in [3.05, 3.63) is 10.4 Å². The molecule has 2 N–H and O–H groups in total. The lowest BCUT2D eigenvalue weighted by Crippen LogP contribution is -2.45. The third-order valence-corrected chi connectivity index (χ3v) is 2.73. The predicted molar refractivity (Wildman–Crippen MR) is 57.1 cm³/mol. The Hall–Kier alpha value is -1.75. The Kier molecular flexibility index (Phi) is 4.13. The summed E-state index contributed by atoms with van der Waals surface area (Å²) in [7, 11) is 0. The molecular weight excluding hydrogens is 210 g/mol. The van der Waals surface area contributed by atoms with Crippen LogP contribution in [0.4, 0.5) is 0 Å². The molecular formula is C9H15N5O2. The Morgan fingerprint density at radius 3 is 3.00 bits per heavy atom. The molecule has 1 rings (SSSR count). The number of carbonyl (C=O) groups excluding carboxylic acids is 2. The van der Waals surface area contributed by atoms with Gasteiger partial charge in [0.2, 0.25) is 11.8 Å². The number of carbonyl (C=O) groups is 2. The molecule has 1 heterocycles. The largest absolute Gasteiger partial charge is 0.368 e. The summed E-state index contributed by atoms with van der Waals surface area (Å²) in [4.78, 5) is 26.9. The van der Waals surface area contributed by atoms with Crippen LogP contribution in [0.15, 0.2) is 5.11 Å². The number of likely N-dealkylation sites (tertiary alicyclic amines) is 1. The normalized spacial score (nSPS) is 21.7. The second-order valence-electron chi connectivity index (χ2n) is 3.86. The number of hydrogen-bond acceptors (Lipinski definition) is 3. The second-order valence-corrected chi connectivity index (χ2v) is 3.86. The van der Waals surface area contributed by atoms with Gasteiger partial charge in [0.25, 0.3) is 0 Å². The highest BCUT2D eigenvalue weighted by Gasteiger charge is 2.35. The van der Waals surface area contributed by atoms with Crippen molar-refractivity contribution in [2.24, 2.45) is 16.8 Å². The van der Waals surface area contributed by atoms with Gasteiger partial charge in [-0.15, -0.1) is 0 Å². The van der Waals surface area contributed by atoms with Crippen LogP contribution in [0.25, 0.3) is 10.4 Å². The van der Waals surface area contributed by atoms with E-state index in [0.717, 1.165) is 0 Å². The molecule has 16 heavy (non-hydrogen) atoms. The van der Waals surface area contributed by atoms with Gasteiger partial charge in [-0.3, -0.25) is 9.59 Å². The molecule has 0 spiro atoms. The SMILES string of the molecule is CC[C@@H](C(N)=O)N1C[C@H](CN=[N+]=[N-])CC1=O. The zero-order valence-corrected chi connectivity index (χ0v) is 9.17. The molecule has 7 heteroatoms. The van der Waals surface area contributed by atoms with Crippen molar-refractivity contribution in [3.63, 3.8) is 0 Å². The Bertz CT molecular complexity index is 337. The Morgan fingerprint density at radius 2 is 2.50 bits per heavy atom. The molecule has 0 saturated carbocycles. The van der Waals surface area contributed by atoms with Gasteiger partial charge in [-0.2, -0.15) is 0 Å². The molecule has 0 aromatic heterocycles. The van der Waals surface area contributed by atoms with Gasteiger partial charge in [0, 0.05) is 24.4 Å². The van der Waals surface area contributed by atoms with E-state index in [1.54, 1.807) is 0 Å². The maximum absolute atomic E-state index is 11.6. The number of primary amides is 1. The fourth-order valence-corrected chi connectivity index (χ4v) is 1.96. The van der Waals surface area contributed by atoms with Crippen LogP contribution in [0.5, 0.6) is 0 Å². The maximum Gasteiger partial charge on any atom is 0.240 e. The summed E-state index contributed by atoms with van der Waals surface area (Å²) in [6.45, 7) is 2.54. The van der Waals surface area contributed by atoms with Crippen molar-refractivity contribution in [1.29, 1.82) is 0 Å². The molecule has 1 aliphatic heterocycles. The van der Waals surface area contributed by atoms with Gasteiger partial charge in [-0.25, -0.2) is 0 Å². The van der Waals surface area contributed by atoms with Gasteiger partial charge >= 0.3 is 0 Å². The van der Waals surface area contributed by atoms with Gasteiger partial charge < -0.3 is 10.6 Å². The van der Waals surface area contributed by atoms with Gasteiger partial charge in [0.05, 0.1) is 0 Å².